The number of nitrogens with one attached hydrogen (secondary N) is 1. The highest BCUT2D eigenvalue weighted by atomic mass is 79.9. The van der Waals surface area contributed by atoms with Crippen LogP contribution in [0, 0.1) is 0 Å². The molecule has 4 aromatic rings. The summed E-state index contributed by atoms with van der Waals surface area (Å²) in [6, 6.07) is 24.4. The molecule has 0 atom stereocenters. The maximum absolute atomic E-state index is 13.1. The number of ether oxygens (including phenoxy) is 1. The first-order valence-corrected chi connectivity index (χ1v) is 13.1. The van der Waals surface area contributed by atoms with E-state index in [0.717, 1.165) is 34.0 Å². The maximum Gasteiger partial charge on any atom is 0.259 e. The Morgan fingerprint density at radius 2 is 1.59 bits per heavy atom. The molecule has 1 N–H and O–H groups in total. The third-order valence-corrected chi connectivity index (χ3v) is 7.58. The molecule has 1 aliphatic rings. The molecule has 5 rings (SSSR count). The molecule has 2 amide bonds. The number of fused-ring (bicyclic) bond motifs is 1. The summed E-state index contributed by atoms with van der Waals surface area (Å²) in [6.07, 6.45) is 0. The highest BCUT2D eigenvalue weighted by Gasteiger charge is 2.23. The molecule has 0 aliphatic carbocycles. The quantitative estimate of drug-likeness (QED) is 0.295. The van der Waals surface area contributed by atoms with E-state index in [1.807, 2.05) is 59.5 Å². The fourth-order valence-corrected chi connectivity index (χ4v) is 5.41. The summed E-state index contributed by atoms with van der Waals surface area (Å²) in [5, 5.41) is 5.52. The first-order valence-electron chi connectivity index (χ1n) is 11.9. The standard InChI is InChI=1S/C29H25BrClN3O3/c1-37-27-25(18-20-4-2-3-5-24(20)26(27)30)28(35)32-22-10-12-23(13-11-22)33-14-16-34(17-15-33)29(36)19-6-8-21(31)9-7-19/h2-13,18H,14-17H2,1H3,(H,32,35). The number of anilines is 2. The lowest BCUT2D eigenvalue weighted by Crippen LogP contribution is -2.48. The summed E-state index contributed by atoms with van der Waals surface area (Å²) >= 11 is 9.53. The van der Waals surface area contributed by atoms with Crippen molar-refractivity contribution in [1.82, 2.24) is 4.90 Å². The Kier molecular flexibility index (Phi) is 7.35. The van der Waals surface area contributed by atoms with Gasteiger partial charge in [0.05, 0.1) is 17.1 Å². The first kappa shape index (κ1) is 25.1. The van der Waals surface area contributed by atoms with Crippen LogP contribution in [0.15, 0.2) is 83.3 Å². The van der Waals surface area contributed by atoms with Crippen molar-refractivity contribution in [3.05, 3.63) is 99.5 Å². The second kappa shape index (κ2) is 10.8. The second-order valence-corrected chi connectivity index (χ2v) is 10.0. The molecule has 1 aliphatic heterocycles. The molecule has 37 heavy (non-hydrogen) atoms. The van der Waals surface area contributed by atoms with Crippen molar-refractivity contribution in [2.75, 3.05) is 43.5 Å². The Morgan fingerprint density at radius 1 is 0.919 bits per heavy atom. The number of nitrogens with zero attached hydrogens (tertiary/aromatic N) is 2. The molecule has 6 nitrogen and oxygen atoms in total. The summed E-state index contributed by atoms with van der Waals surface area (Å²) in [5.41, 5.74) is 2.84. The Morgan fingerprint density at radius 3 is 2.27 bits per heavy atom. The highest BCUT2D eigenvalue weighted by molar-refractivity contribution is 9.10. The van der Waals surface area contributed by atoms with Gasteiger partial charge in [-0.05, 0) is 81.3 Å². The highest BCUT2D eigenvalue weighted by Crippen LogP contribution is 2.37. The van der Waals surface area contributed by atoms with Crippen LogP contribution in [0.1, 0.15) is 20.7 Å². The molecule has 1 heterocycles. The van der Waals surface area contributed by atoms with Gasteiger partial charge in [0.2, 0.25) is 0 Å². The number of rotatable bonds is 5. The smallest absolute Gasteiger partial charge is 0.259 e. The molecule has 8 heteroatoms. The van der Waals surface area contributed by atoms with E-state index in [-0.39, 0.29) is 11.8 Å². The van der Waals surface area contributed by atoms with Crippen LogP contribution < -0.4 is 15.0 Å². The number of methoxy groups -OCH3 is 1. The zero-order valence-corrected chi connectivity index (χ0v) is 22.6. The Bertz CT molecular complexity index is 1450. The molecule has 0 unspecified atom stereocenters. The van der Waals surface area contributed by atoms with Crippen molar-refractivity contribution in [2.24, 2.45) is 0 Å². The molecule has 0 radical (unpaired) electrons. The van der Waals surface area contributed by atoms with Crippen LogP contribution in [0.4, 0.5) is 11.4 Å². The summed E-state index contributed by atoms with van der Waals surface area (Å²) in [4.78, 5) is 30.0. The van der Waals surface area contributed by atoms with Crippen molar-refractivity contribution in [3.63, 3.8) is 0 Å². The van der Waals surface area contributed by atoms with Gasteiger partial charge in [0, 0.05) is 48.1 Å². The molecular formula is C29H25BrClN3O3. The van der Waals surface area contributed by atoms with Gasteiger partial charge in [0.1, 0.15) is 5.75 Å². The molecule has 0 saturated carbocycles. The number of amides is 2. The van der Waals surface area contributed by atoms with Crippen LogP contribution >= 0.6 is 27.5 Å². The average molecular weight is 579 g/mol. The zero-order valence-electron chi connectivity index (χ0n) is 20.2. The van der Waals surface area contributed by atoms with Gasteiger partial charge in [0.25, 0.3) is 11.8 Å². The molecule has 1 fully saturated rings. The summed E-state index contributed by atoms with van der Waals surface area (Å²) in [6.45, 7) is 2.73. The molecule has 0 bridgehead atoms. The normalized spacial score (nSPS) is 13.5. The third kappa shape index (κ3) is 5.29. The number of piperazine rings is 1. The first-order chi connectivity index (χ1) is 17.9. The topological polar surface area (TPSA) is 61.9 Å². The SMILES string of the molecule is COc1c(C(=O)Nc2ccc(N3CCN(C(=O)c4ccc(Cl)cc4)CC3)cc2)cc2ccccc2c1Br. The fraction of sp³-hybridized carbons (Fsp3) is 0.172. The van der Waals surface area contributed by atoms with Crippen molar-refractivity contribution in [3.8, 4) is 5.75 Å². The van der Waals surface area contributed by atoms with Gasteiger partial charge in [-0.25, -0.2) is 0 Å². The van der Waals surface area contributed by atoms with Crippen LogP contribution in [0.25, 0.3) is 10.8 Å². The lowest BCUT2D eigenvalue weighted by molar-refractivity contribution is 0.0746. The van der Waals surface area contributed by atoms with Crippen molar-refractivity contribution < 1.29 is 14.3 Å². The van der Waals surface area contributed by atoms with Crippen LogP contribution in [-0.2, 0) is 0 Å². The van der Waals surface area contributed by atoms with Gasteiger partial charge in [-0.3, -0.25) is 9.59 Å². The van der Waals surface area contributed by atoms with E-state index in [0.29, 0.717) is 40.7 Å². The monoisotopic (exact) mass is 577 g/mol. The largest absolute Gasteiger partial charge is 0.495 e. The number of carbonyl (C=O) groups excluding carboxylic acids is 2. The van der Waals surface area contributed by atoms with Gasteiger partial charge in [-0.15, -0.1) is 0 Å². The molecule has 188 valence electrons. The molecular weight excluding hydrogens is 554 g/mol. The fourth-order valence-electron chi connectivity index (χ4n) is 4.55. The number of hydrogen-bond acceptors (Lipinski definition) is 4. The Hall–Kier alpha value is -3.55. The van der Waals surface area contributed by atoms with E-state index in [1.165, 1.54) is 0 Å². The number of hydrogen-bond donors (Lipinski definition) is 1. The third-order valence-electron chi connectivity index (χ3n) is 6.54. The summed E-state index contributed by atoms with van der Waals surface area (Å²) in [7, 11) is 1.56. The van der Waals surface area contributed by atoms with Crippen molar-refractivity contribution >= 4 is 61.5 Å². The van der Waals surface area contributed by atoms with Crippen LogP contribution in [0.3, 0.4) is 0 Å². The van der Waals surface area contributed by atoms with E-state index < -0.39 is 0 Å². The van der Waals surface area contributed by atoms with E-state index in [9.17, 15) is 9.59 Å². The van der Waals surface area contributed by atoms with Crippen LogP contribution in [0.2, 0.25) is 5.02 Å². The maximum atomic E-state index is 13.1. The Balaban J connectivity index is 1.24. The predicted molar refractivity (Wildman–Crippen MR) is 152 cm³/mol. The second-order valence-electron chi connectivity index (χ2n) is 8.78. The molecule has 4 aromatic carbocycles. The van der Waals surface area contributed by atoms with Gasteiger partial charge in [-0.1, -0.05) is 35.9 Å². The number of halogens is 2. The average Bonchev–Trinajstić information content (AvgIpc) is 2.93. The van der Waals surface area contributed by atoms with Gasteiger partial charge in [-0.2, -0.15) is 0 Å². The minimum atomic E-state index is -0.245. The lowest BCUT2D eigenvalue weighted by atomic mass is 10.0. The van der Waals surface area contributed by atoms with E-state index in [2.05, 4.69) is 26.1 Å². The minimum absolute atomic E-state index is 0.0186. The van der Waals surface area contributed by atoms with Crippen molar-refractivity contribution in [2.45, 2.75) is 0 Å². The van der Waals surface area contributed by atoms with Gasteiger partial charge < -0.3 is 19.9 Å². The Labute approximate surface area is 228 Å². The zero-order chi connectivity index (χ0) is 25.9. The van der Waals surface area contributed by atoms with E-state index in [4.69, 9.17) is 16.3 Å². The van der Waals surface area contributed by atoms with E-state index in [1.54, 1.807) is 31.4 Å². The van der Waals surface area contributed by atoms with Crippen molar-refractivity contribution in [1.29, 1.82) is 0 Å². The lowest BCUT2D eigenvalue weighted by Gasteiger charge is -2.36. The van der Waals surface area contributed by atoms with Crippen LogP contribution in [0.5, 0.6) is 5.75 Å². The van der Waals surface area contributed by atoms with Gasteiger partial charge in [0.15, 0.2) is 0 Å². The van der Waals surface area contributed by atoms with Crippen LogP contribution in [-0.4, -0.2) is 50.0 Å². The van der Waals surface area contributed by atoms with E-state index >= 15 is 0 Å². The number of benzene rings is 4. The number of carbonyl (C=O) groups is 2. The van der Waals surface area contributed by atoms with Gasteiger partial charge >= 0.3 is 0 Å². The minimum Gasteiger partial charge on any atom is -0.495 e. The summed E-state index contributed by atoms with van der Waals surface area (Å²) < 4.78 is 6.30. The summed E-state index contributed by atoms with van der Waals surface area (Å²) in [5.74, 6) is 0.273. The molecule has 1 saturated heterocycles. The predicted octanol–water partition coefficient (Wildman–Crippen LogP) is 6.48. The molecule has 0 aromatic heterocycles. The molecule has 0 spiro atoms.